The third-order valence-electron chi connectivity index (χ3n) is 3.65. The maximum absolute atomic E-state index is 12.3. The summed E-state index contributed by atoms with van der Waals surface area (Å²) in [5.41, 5.74) is 0.807. The quantitative estimate of drug-likeness (QED) is 0.645. The molecule has 2 rings (SSSR count). The number of hydrogen-bond acceptors (Lipinski definition) is 5. The minimum atomic E-state index is -0.496. The van der Waals surface area contributed by atoms with E-state index in [-0.39, 0.29) is 16.3 Å². The van der Waals surface area contributed by atoms with E-state index >= 15 is 0 Å². The van der Waals surface area contributed by atoms with Crippen LogP contribution in [0.1, 0.15) is 30.1 Å². The molecule has 1 aliphatic heterocycles. The fourth-order valence-corrected chi connectivity index (χ4v) is 3.63. The van der Waals surface area contributed by atoms with Crippen LogP contribution in [0.4, 0.5) is 11.4 Å². The van der Waals surface area contributed by atoms with Crippen LogP contribution in [0.15, 0.2) is 18.2 Å². The second-order valence-electron chi connectivity index (χ2n) is 5.32. The van der Waals surface area contributed by atoms with Gasteiger partial charge in [-0.15, -0.1) is 0 Å². The molecule has 114 valence electrons. The van der Waals surface area contributed by atoms with Gasteiger partial charge in [0.05, 0.1) is 10.5 Å². The number of thioether (sulfide) groups is 1. The summed E-state index contributed by atoms with van der Waals surface area (Å²) in [7, 11) is 1.69. The summed E-state index contributed by atoms with van der Waals surface area (Å²) in [5, 5.41) is 16.6. The van der Waals surface area contributed by atoms with Crippen LogP contribution < -0.4 is 10.6 Å². The number of amides is 1. The largest absolute Gasteiger partial charge is 0.387 e. The SMILES string of the molecule is CNc1ccc([N+](=O)[O-])cc1C(=O)NCC1(C)CCCS1. The van der Waals surface area contributed by atoms with Crippen molar-refractivity contribution in [1.82, 2.24) is 5.32 Å². The van der Waals surface area contributed by atoms with Crippen molar-refractivity contribution in [2.24, 2.45) is 0 Å². The van der Waals surface area contributed by atoms with Gasteiger partial charge in [0.1, 0.15) is 0 Å². The van der Waals surface area contributed by atoms with Crippen molar-refractivity contribution in [3.8, 4) is 0 Å². The van der Waals surface area contributed by atoms with Gasteiger partial charge in [-0.1, -0.05) is 0 Å². The number of nitro groups is 1. The molecule has 1 saturated heterocycles. The first kappa shape index (κ1) is 15.6. The van der Waals surface area contributed by atoms with Crippen LogP contribution >= 0.6 is 11.8 Å². The molecule has 0 radical (unpaired) electrons. The summed E-state index contributed by atoms with van der Waals surface area (Å²) in [6, 6.07) is 4.25. The number of carbonyl (C=O) groups excluding carboxylic acids is 1. The van der Waals surface area contributed by atoms with Gasteiger partial charge in [-0.05, 0) is 31.6 Å². The molecule has 0 saturated carbocycles. The fraction of sp³-hybridized carbons (Fsp3) is 0.500. The van der Waals surface area contributed by atoms with Crippen molar-refractivity contribution in [3.63, 3.8) is 0 Å². The molecule has 0 bridgehead atoms. The first-order chi connectivity index (χ1) is 9.95. The minimum Gasteiger partial charge on any atom is -0.387 e. The Hall–Kier alpha value is -1.76. The van der Waals surface area contributed by atoms with Crippen LogP contribution in [0.5, 0.6) is 0 Å². The summed E-state index contributed by atoms with van der Waals surface area (Å²) in [6.45, 7) is 2.71. The van der Waals surface area contributed by atoms with Gasteiger partial charge in [0, 0.05) is 36.2 Å². The van der Waals surface area contributed by atoms with Crippen molar-refractivity contribution in [2.75, 3.05) is 24.7 Å². The predicted molar refractivity (Wildman–Crippen MR) is 85.1 cm³/mol. The highest BCUT2D eigenvalue weighted by Crippen LogP contribution is 2.37. The molecule has 1 heterocycles. The average molecular weight is 309 g/mol. The molecule has 1 amide bonds. The van der Waals surface area contributed by atoms with Crippen LogP contribution in [0, 0.1) is 10.1 Å². The molecule has 7 heteroatoms. The molecule has 1 atom stereocenters. The molecule has 6 nitrogen and oxygen atoms in total. The lowest BCUT2D eigenvalue weighted by molar-refractivity contribution is -0.384. The second-order valence-corrected chi connectivity index (χ2v) is 7.00. The van der Waals surface area contributed by atoms with E-state index in [1.165, 1.54) is 12.1 Å². The Balaban J connectivity index is 2.13. The van der Waals surface area contributed by atoms with Crippen LogP contribution in [-0.2, 0) is 0 Å². The smallest absolute Gasteiger partial charge is 0.270 e. The summed E-state index contributed by atoms with van der Waals surface area (Å²) in [4.78, 5) is 22.7. The van der Waals surface area contributed by atoms with Crippen molar-refractivity contribution in [3.05, 3.63) is 33.9 Å². The Labute approximate surface area is 127 Å². The molecule has 0 spiro atoms. The lowest BCUT2D eigenvalue weighted by atomic mass is 10.1. The number of nitrogens with zero attached hydrogens (tertiary/aromatic N) is 1. The number of nitro benzene ring substituents is 1. The Bertz CT molecular complexity index is 556. The van der Waals surface area contributed by atoms with E-state index in [1.807, 2.05) is 11.8 Å². The van der Waals surface area contributed by atoms with Gasteiger partial charge in [-0.3, -0.25) is 14.9 Å². The first-order valence-corrected chi connectivity index (χ1v) is 7.82. The third-order valence-corrected chi connectivity index (χ3v) is 5.19. The minimum absolute atomic E-state index is 0.0657. The Morgan fingerprint density at radius 1 is 1.52 bits per heavy atom. The highest BCUT2D eigenvalue weighted by atomic mass is 32.2. The molecule has 2 N–H and O–H groups in total. The van der Waals surface area contributed by atoms with E-state index in [0.717, 1.165) is 18.6 Å². The Morgan fingerprint density at radius 2 is 2.29 bits per heavy atom. The molecular weight excluding hydrogens is 290 g/mol. The lowest BCUT2D eigenvalue weighted by Crippen LogP contribution is -2.37. The molecule has 1 aromatic carbocycles. The molecule has 0 aliphatic carbocycles. The molecule has 1 aromatic rings. The number of non-ortho nitro benzene ring substituents is 1. The number of benzene rings is 1. The summed E-state index contributed by atoms with van der Waals surface area (Å²) >= 11 is 1.86. The number of hydrogen-bond donors (Lipinski definition) is 2. The van der Waals surface area contributed by atoms with E-state index in [9.17, 15) is 14.9 Å². The van der Waals surface area contributed by atoms with Gasteiger partial charge in [-0.2, -0.15) is 11.8 Å². The van der Waals surface area contributed by atoms with E-state index < -0.39 is 4.92 Å². The standard InChI is InChI=1S/C14H19N3O3S/c1-14(6-3-7-21-14)9-16-13(18)11-8-10(17(19)20)4-5-12(11)15-2/h4-5,8,15H,3,6-7,9H2,1-2H3,(H,16,18). The van der Waals surface area contributed by atoms with Gasteiger partial charge in [0.25, 0.3) is 11.6 Å². The fourth-order valence-electron chi connectivity index (χ4n) is 2.39. The van der Waals surface area contributed by atoms with Crippen LogP contribution in [0.3, 0.4) is 0 Å². The topological polar surface area (TPSA) is 84.3 Å². The van der Waals surface area contributed by atoms with Gasteiger partial charge in [0.2, 0.25) is 0 Å². The van der Waals surface area contributed by atoms with Crippen molar-refractivity contribution in [2.45, 2.75) is 24.5 Å². The number of nitrogens with one attached hydrogen (secondary N) is 2. The number of carbonyl (C=O) groups is 1. The highest BCUT2D eigenvalue weighted by molar-refractivity contribution is 8.00. The van der Waals surface area contributed by atoms with Crippen LogP contribution in [0.25, 0.3) is 0 Å². The zero-order valence-electron chi connectivity index (χ0n) is 12.1. The maximum Gasteiger partial charge on any atom is 0.270 e. The maximum atomic E-state index is 12.3. The zero-order valence-corrected chi connectivity index (χ0v) is 13.0. The zero-order chi connectivity index (χ0) is 15.5. The van der Waals surface area contributed by atoms with Crippen LogP contribution in [-0.4, -0.2) is 34.9 Å². The van der Waals surface area contributed by atoms with Gasteiger partial charge in [0.15, 0.2) is 0 Å². The number of anilines is 1. The predicted octanol–water partition coefficient (Wildman–Crippen LogP) is 2.65. The van der Waals surface area contributed by atoms with E-state index in [4.69, 9.17) is 0 Å². The van der Waals surface area contributed by atoms with Gasteiger partial charge < -0.3 is 10.6 Å². The second kappa shape index (κ2) is 6.34. The summed E-state index contributed by atoms with van der Waals surface area (Å²) < 4.78 is 0.0657. The first-order valence-electron chi connectivity index (χ1n) is 6.83. The normalized spacial score (nSPS) is 21.0. The number of rotatable bonds is 5. The molecule has 21 heavy (non-hydrogen) atoms. The monoisotopic (exact) mass is 309 g/mol. The van der Waals surface area contributed by atoms with E-state index in [1.54, 1.807) is 13.1 Å². The average Bonchev–Trinajstić information content (AvgIpc) is 2.91. The molecular formula is C14H19N3O3S. The molecule has 1 unspecified atom stereocenters. The lowest BCUT2D eigenvalue weighted by Gasteiger charge is -2.23. The van der Waals surface area contributed by atoms with Crippen molar-refractivity contribution >= 4 is 29.0 Å². The Kier molecular flexibility index (Phi) is 4.72. The van der Waals surface area contributed by atoms with Crippen molar-refractivity contribution in [1.29, 1.82) is 0 Å². The van der Waals surface area contributed by atoms with E-state index in [0.29, 0.717) is 17.8 Å². The van der Waals surface area contributed by atoms with Crippen LogP contribution in [0.2, 0.25) is 0 Å². The summed E-state index contributed by atoms with van der Waals surface area (Å²) in [5.74, 6) is 0.835. The van der Waals surface area contributed by atoms with Crippen molar-refractivity contribution < 1.29 is 9.72 Å². The Morgan fingerprint density at radius 3 is 2.86 bits per heavy atom. The summed E-state index contributed by atoms with van der Waals surface area (Å²) in [6.07, 6.45) is 2.24. The molecule has 1 aliphatic rings. The molecule has 0 aromatic heterocycles. The molecule has 1 fully saturated rings. The third kappa shape index (κ3) is 3.66. The highest BCUT2D eigenvalue weighted by Gasteiger charge is 2.30. The van der Waals surface area contributed by atoms with Gasteiger partial charge in [-0.25, -0.2) is 0 Å². The van der Waals surface area contributed by atoms with Gasteiger partial charge >= 0.3 is 0 Å². The van der Waals surface area contributed by atoms with E-state index in [2.05, 4.69) is 17.6 Å².